The Morgan fingerprint density at radius 1 is 1.47 bits per heavy atom. The van der Waals surface area contributed by atoms with Crippen molar-refractivity contribution in [2.45, 2.75) is 32.0 Å². The minimum Gasteiger partial charge on any atom is -0.362 e. The molecule has 4 nitrogen and oxygen atoms in total. The van der Waals surface area contributed by atoms with Crippen molar-refractivity contribution >= 4 is 18.3 Å². The molecular formula is C11H20ClF3N2O2. The van der Waals surface area contributed by atoms with Gasteiger partial charge in [0, 0.05) is 19.1 Å². The first-order valence-corrected chi connectivity index (χ1v) is 6.08. The number of ether oxygens (including phenoxy) is 1. The number of carbonyl (C=O) groups excluding carboxylic acids is 1. The molecule has 1 amide bonds. The van der Waals surface area contributed by atoms with E-state index in [0.29, 0.717) is 13.1 Å². The average molecular weight is 305 g/mol. The zero-order chi connectivity index (χ0) is 13.6. The zero-order valence-electron chi connectivity index (χ0n) is 10.8. The summed E-state index contributed by atoms with van der Waals surface area (Å²) in [6.45, 7) is 2.14. The summed E-state index contributed by atoms with van der Waals surface area (Å²) < 4.78 is 40.1. The standard InChI is InChI=1S/C11H19F3N2O2.ClH/c1-2-5-16(9-3-4-15-6-9)10(17)7-18-8-11(12,13)14;/h9,15H,2-8H2,1H3;1H. The van der Waals surface area contributed by atoms with E-state index >= 15 is 0 Å². The van der Waals surface area contributed by atoms with Gasteiger partial charge in [-0.3, -0.25) is 4.79 Å². The van der Waals surface area contributed by atoms with Crippen molar-refractivity contribution in [3.63, 3.8) is 0 Å². The SMILES string of the molecule is CCCN(C(=O)COCC(F)(F)F)C1CCNC1.Cl. The molecule has 1 N–H and O–H groups in total. The monoisotopic (exact) mass is 304 g/mol. The Kier molecular flexibility index (Phi) is 8.36. The molecule has 0 radical (unpaired) electrons. The largest absolute Gasteiger partial charge is 0.411 e. The van der Waals surface area contributed by atoms with Crippen LogP contribution in [0.2, 0.25) is 0 Å². The van der Waals surface area contributed by atoms with Gasteiger partial charge >= 0.3 is 6.18 Å². The molecule has 1 aliphatic rings. The molecule has 0 aromatic carbocycles. The van der Waals surface area contributed by atoms with Crippen LogP contribution in [0, 0.1) is 0 Å². The second-order valence-corrected chi connectivity index (χ2v) is 4.34. The Labute approximate surface area is 117 Å². The van der Waals surface area contributed by atoms with Crippen LogP contribution < -0.4 is 5.32 Å². The van der Waals surface area contributed by atoms with Gasteiger partial charge in [0.15, 0.2) is 0 Å². The van der Waals surface area contributed by atoms with Gasteiger partial charge in [0.25, 0.3) is 0 Å². The molecule has 1 fully saturated rings. The number of carbonyl (C=O) groups is 1. The molecule has 0 saturated carbocycles. The number of amides is 1. The molecule has 0 aromatic heterocycles. The number of hydrogen-bond donors (Lipinski definition) is 1. The van der Waals surface area contributed by atoms with Crippen LogP contribution in [0.3, 0.4) is 0 Å². The maximum Gasteiger partial charge on any atom is 0.411 e. The molecule has 19 heavy (non-hydrogen) atoms. The first kappa shape index (κ1) is 18.5. The smallest absolute Gasteiger partial charge is 0.362 e. The molecule has 0 spiro atoms. The fourth-order valence-electron chi connectivity index (χ4n) is 1.99. The number of alkyl halides is 3. The lowest BCUT2D eigenvalue weighted by atomic mass is 10.2. The molecule has 114 valence electrons. The zero-order valence-corrected chi connectivity index (χ0v) is 11.6. The van der Waals surface area contributed by atoms with Crippen LogP contribution >= 0.6 is 12.4 Å². The van der Waals surface area contributed by atoms with Crippen LogP contribution in [0.15, 0.2) is 0 Å². The van der Waals surface area contributed by atoms with Gasteiger partial charge in [-0.05, 0) is 19.4 Å². The molecule has 0 aromatic rings. The van der Waals surface area contributed by atoms with Crippen LogP contribution in [0.4, 0.5) is 13.2 Å². The van der Waals surface area contributed by atoms with Crippen molar-refractivity contribution < 1.29 is 22.7 Å². The van der Waals surface area contributed by atoms with Gasteiger partial charge in [-0.15, -0.1) is 12.4 Å². The fraction of sp³-hybridized carbons (Fsp3) is 0.909. The van der Waals surface area contributed by atoms with E-state index in [2.05, 4.69) is 10.1 Å². The number of rotatable bonds is 6. The summed E-state index contributed by atoms with van der Waals surface area (Å²) in [6, 6.07) is 0.0759. The lowest BCUT2D eigenvalue weighted by Crippen LogP contribution is -2.44. The molecule has 1 atom stereocenters. The van der Waals surface area contributed by atoms with E-state index in [4.69, 9.17) is 0 Å². The molecule has 1 rings (SSSR count). The second kappa shape index (κ2) is 8.60. The molecule has 0 bridgehead atoms. The summed E-state index contributed by atoms with van der Waals surface area (Å²) in [7, 11) is 0. The number of halogens is 4. The molecular weight excluding hydrogens is 285 g/mol. The number of nitrogens with zero attached hydrogens (tertiary/aromatic N) is 1. The van der Waals surface area contributed by atoms with Crippen LogP contribution in [-0.4, -0.2) is 55.9 Å². The lowest BCUT2D eigenvalue weighted by Gasteiger charge is -2.28. The van der Waals surface area contributed by atoms with Gasteiger partial charge in [-0.25, -0.2) is 0 Å². The van der Waals surface area contributed by atoms with Crippen LogP contribution in [0.5, 0.6) is 0 Å². The third-order valence-corrected chi connectivity index (χ3v) is 2.75. The summed E-state index contributed by atoms with van der Waals surface area (Å²) in [5.74, 6) is -0.366. The highest BCUT2D eigenvalue weighted by Gasteiger charge is 2.30. The topological polar surface area (TPSA) is 41.6 Å². The Morgan fingerprint density at radius 2 is 2.16 bits per heavy atom. The highest BCUT2D eigenvalue weighted by atomic mass is 35.5. The summed E-state index contributed by atoms with van der Waals surface area (Å²) >= 11 is 0. The van der Waals surface area contributed by atoms with Crippen molar-refractivity contribution in [1.29, 1.82) is 0 Å². The predicted octanol–water partition coefficient (Wildman–Crippen LogP) is 1.59. The quantitative estimate of drug-likeness (QED) is 0.810. The van der Waals surface area contributed by atoms with E-state index in [1.165, 1.54) is 0 Å². The Hall–Kier alpha value is -0.530. The number of hydrogen-bond acceptors (Lipinski definition) is 3. The van der Waals surface area contributed by atoms with E-state index < -0.39 is 19.4 Å². The van der Waals surface area contributed by atoms with E-state index in [0.717, 1.165) is 19.4 Å². The second-order valence-electron chi connectivity index (χ2n) is 4.34. The van der Waals surface area contributed by atoms with Crippen molar-refractivity contribution in [3.05, 3.63) is 0 Å². The molecule has 0 aliphatic carbocycles. The molecule has 1 heterocycles. The van der Waals surface area contributed by atoms with Crippen molar-refractivity contribution in [2.24, 2.45) is 0 Å². The summed E-state index contributed by atoms with van der Waals surface area (Å²) in [4.78, 5) is 13.4. The fourth-order valence-corrected chi connectivity index (χ4v) is 1.99. The molecule has 1 saturated heterocycles. The first-order valence-electron chi connectivity index (χ1n) is 6.08. The molecule has 1 aliphatic heterocycles. The summed E-state index contributed by atoms with van der Waals surface area (Å²) in [6.07, 6.45) is -2.77. The van der Waals surface area contributed by atoms with Gasteiger partial charge < -0.3 is 15.0 Å². The minimum absolute atomic E-state index is 0. The third kappa shape index (κ3) is 6.98. The van der Waals surface area contributed by atoms with E-state index in [1.54, 1.807) is 4.90 Å². The van der Waals surface area contributed by atoms with E-state index in [9.17, 15) is 18.0 Å². The van der Waals surface area contributed by atoms with Gasteiger partial charge in [-0.1, -0.05) is 6.92 Å². The van der Waals surface area contributed by atoms with Crippen molar-refractivity contribution in [3.8, 4) is 0 Å². The highest BCUT2D eigenvalue weighted by molar-refractivity contribution is 5.85. The first-order chi connectivity index (χ1) is 8.44. The Bertz CT molecular complexity index is 271. The summed E-state index contributed by atoms with van der Waals surface area (Å²) in [5.41, 5.74) is 0. The Morgan fingerprint density at radius 3 is 2.63 bits per heavy atom. The normalized spacial score (nSPS) is 19.1. The third-order valence-electron chi connectivity index (χ3n) is 2.75. The van der Waals surface area contributed by atoms with E-state index in [1.807, 2.05) is 6.92 Å². The lowest BCUT2D eigenvalue weighted by molar-refractivity contribution is -0.178. The van der Waals surface area contributed by atoms with Crippen LogP contribution in [0.1, 0.15) is 19.8 Å². The van der Waals surface area contributed by atoms with Crippen molar-refractivity contribution in [2.75, 3.05) is 32.8 Å². The van der Waals surface area contributed by atoms with Crippen LogP contribution in [0.25, 0.3) is 0 Å². The van der Waals surface area contributed by atoms with Crippen molar-refractivity contribution in [1.82, 2.24) is 10.2 Å². The number of nitrogens with one attached hydrogen (secondary N) is 1. The maximum atomic E-state index is 11.9. The maximum absolute atomic E-state index is 11.9. The van der Waals surface area contributed by atoms with Gasteiger partial charge in [0.05, 0.1) is 0 Å². The van der Waals surface area contributed by atoms with Crippen LogP contribution in [-0.2, 0) is 9.53 Å². The van der Waals surface area contributed by atoms with Gasteiger partial charge in [-0.2, -0.15) is 13.2 Å². The Balaban J connectivity index is 0.00000324. The average Bonchev–Trinajstić information content (AvgIpc) is 2.77. The molecule has 8 heteroatoms. The van der Waals surface area contributed by atoms with Gasteiger partial charge in [0.2, 0.25) is 5.91 Å². The highest BCUT2D eigenvalue weighted by Crippen LogP contribution is 2.15. The van der Waals surface area contributed by atoms with E-state index in [-0.39, 0.29) is 24.4 Å². The van der Waals surface area contributed by atoms with Gasteiger partial charge in [0.1, 0.15) is 13.2 Å². The minimum atomic E-state index is -4.38. The molecule has 1 unspecified atom stereocenters. The predicted molar refractivity (Wildman–Crippen MR) is 67.4 cm³/mol. The summed E-state index contributed by atoms with van der Waals surface area (Å²) in [5, 5.41) is 3.13.